The maximum absolute atomic E-state index is 12.8. The Hall–Kier alpha value is -2.87. The third-order valence-electron chi connectivity index (χ3n) is 6.36. The number of piperazine rings is 1. The standard InChI is InChI=1S/C25H32N6O.ClH/c1-18(23-15-20-6-4-5-7-22(20)28-23)30(3)24(32)9-8-19-14-21(25(26)27-16-19)17-31-12-10-29(2)11-13-31;/h4-9,14-16,18,28H,10-13,17H2,1-3H3,(H2,26,27);1H/b9-8+;. The molecule has 1 saturated heterocycles. The minimum Gasteiger partial charge on any atom is -0.383 e. The molecule has 1 atom stereocenters. The Morgan fingerprint density at radius 2 is 1.97 bits per heavy atom. The van der Waals surface area contributed by atoms with E-state index < -0.39 is 0 Å². The number of halogens is 1. The zero-order chi connectivity index (χ0) is 22.7. The zero-order valence-electron chi connectivity index (χ0n) is 19.5. The molecular weight excluding hydrogens is 436 g/mol. The Kier molecular flexibility index (Phi) is 8.13. The van der Waals surface area contributed by atoms with Crippen LogP contribution >= 0.6 is 12.4 Å². The quantitative estimate of drug-likeness (QED) is 0.541. The highest BCUT2D eigenvalue weighted by atomic mass is 35.5. The first-order chi connectivity index (χ1) is 15.4. The predicted molar refractivity (Wildman–Crippen MR) is 137 cm³/mol. The highest BCUT2D eigenvalue weighted by Crippen LogP contribution is 2.23. The van der Waals surface area contributed by atoms with Gasteiger partial charge < -0.3 is 20.5 Å². The first-order valence-corrected chi connectivity index (χ1v) is 11.1. The van der Waals surface area contributed by atoms with E-state index in [4.69, 9.17) is 5.73 Å². The van der Waals surface area contributed by atoms with E-state index in [1.165, 1.54) is 0 Å². The average Bonchev–Trinajstić information content (AvgIpc) is 3.24. The van der Waals surface area contributed by atoms with Crippen LogP contribution in [0.2, 0.25) is 0 Å². The fourth-order valence-corrected chi connectivity index (χ4v) is 4.01. The Morgan fingerprint density at radius 1 is 1.24 bits per heavy atom. The molecule has 1 unspecified atom stereocenters. The van der Waals surface area contributed by atoms with Crippen LogP contribution in [0.5, 0.6) is 0 Å². The number of aromatic amines is 1. The second kappa shape index (κ2) is 10.8. The van der Waals surface area contributed by atoms with Crippen molar-refractivity contribution in [3.63, 3.8) is 0 Å². The van der Waals surface area contributed by atoms with Crippen molar-refractivity contribution in [2.45, 2.75) is 19.5 Å². The summed E-state index contributed by atoms with van der Waals surface area (Å²) >= 11 is 0. The van der Waals surface area contributed by atoms with E-state index >= 15 is 0 Å². The SMILES string of the molecule is CC(c1cc2ccccc2[nH]1)N(C)C(=O)/C=C/c1cnc(N)c(CN2CCN(C)CC2)c1.Cl. The lowest BCUT2D eigenvalue weighted by Gasteiger charge is -2.32. The van der Waals surface area contributed by atoms with Gasteiger partial charge in [-0.05, 0) is 49.2 Å². The van der Waals surface area contributed by atoms with E-state index in [2.05, 4.69) is 38.9 Å². The molecule has 1 fully saturated rings. The Bertz CT molecular complexity index is 1090. The van der Waals surface area contributed by atoms with Crippen LogP contribution in [0.15, 0.2) is 48.7 Å². The monoisotopic (exact) mass is 468 g/mol. The van der Waals surface area contributed by atoms with E-state index in [1.807, 2.05) is 44.3 Å². The maximum Gasteiger partial charge on any atom is 0.246 e. The van der Waals surface area contributed by atoms with Crippen molar-refractivity contribution in [1.82, 2.24) is 24.7 Å². The topological polar surface area (TPSA) is 81.5 Å². The van der Waals surface area contributed by atoms with Crippen molar-refractivity contribution in [1.29, 1.82) is 0 Å². The number of H-pyrrole nitrogens is 1. The highest BCUT2D eigenvalue weighted by Gasteiger charge is 2.18. The number of pyridine rings is 1. The number of hydrogen-bond donors (Lipinski definition) is 2. The van der Waals surface area contributed by atoms with Gasteiger partial charge in [-0.15, -0.1) is 12.4 Å². The van der Waals surface area contributed by atoms with Gasteiger partial charge in [0.25, 0.3) is 0 Å². The first-order valence-electron chi connectivity index (χ1n) is 11.1. The van der Waals surface area contributed by atoms with E-state index in [0.717, 1.165) is 60.4 Å². The summed E-state index contributed by atoms with van der Waals surface area (Å²) in [6, 6.07) is 12.2. The molecule has 0 saturated carbocycles. The number of aromatic nitrogens is 2. The van der Waals surface area contributed by atoms with Crippen molar-refractivity contribution in [3.05, 3.63) is 65.5 Å². The van der Waals surface area contributed by atoms with Crippen LogP contribution in [-0.2, 0) is 11.3 Å². The molecule has 1 aromatic carbocycles. The van der Waals surface area contributed by atoms with Crippen molar-refractivity contribution in [2.24, 2.45) is 0 Å². The first kappa shape index (κ1) is 24.8. The van der Waals surface area contributed by atoms with Crippen LogP contribution < -0.4 is 5.73 Å². The number of nitrogens with zero attached hydrogens (tertiary/aromatic N) is 4. The van der Waals surface area contributed by atoms with Gasteiger partial charge in [0, 0.05) is 68.8 Å². The number of carbonyl (C=O) groups is 1. The number of anilines is 1. The fourth-order valence-electron chi connectivity index (χ4n) is 4.01. The van der Waals surface area contributed by atoms with E-state index in [0.29, 0.717) is 5.82 Å². The number of likely N-dealkylation sites (N-methyl/N-ethyl adjacent to an activating group) is 2. The van der Waals surface area contributed by atoms with Crippen LogP contribution in [0.4, 0.5) is 5.82 Å². The van der Waals surface area contributed by atoms with E-state index in [9.17, 15) is 4.79 Å². The van der Waals surface area contributed by atoms with Gasteiger partial charge >= 0.3 is 0 Å². The molecule has 3 heterocycles. The summed E-state index contributed by atoms with van der Waals surface area (Å²) in [4.78, 5) is 27.0. The number of hydrogen-bond acceptors (Lipinski definition) is 5. The predicted octanol–water partition coefficient (Wildman–Crippen LogP) is 3.55. The number of amides is 1. The Balaban J connectivity index is 0.00000306. The number of nitrogens with one attached hydrogen (secondary N) is 1. The number of nitrogen functional groups attached to an aromatic ring is 1. The molecule has 0 spiro atoms. The molecule has 1 aliphatic heterocycles. The number of para-hydroxylation sites is 1. The number of benzene rings is 1. The van der Waals surface area contributed by atoms with Gasteiger partial charge in [0.05, 0.1) is 6.04 Å². The number of carbonyl (C=O) groups excluding carboxylic acids is 1. The molecular formula is C25H33ClN6O. The van der Waals surface area contributed by atoms with Gasteiger partial charge in [0.1, 0.15) is 5.82 Å². The van der Waals surface area contributed by atoms with Crippen molar-refractivity contribution >= 4 is 41.1 Å². The van der Waals surface area contributed by atoms with Gasteiger partial charge in [-0.25, -0.2) is 4.98 Å². The van der Waals surface area contributed by atoms with Crippen molar-refractivity contribution in [2.75, 3.05) is 46.0 Å². The van der Waals surface area contributed by atoms with Gasteiger partial charge in [-0.1, -0.05) is 18.2 Å². The minimum absolute atomic E-state index is 0. The molecule has 7 nitrogen and oxygen atoms in total. The molecule has 0 bridgehead atoms. The van der Waals surface area contributed by atoms with Crippen LogP contribution in [0, 0.1) is 0 Å². The summed E-state index contributed by atoms with van der Waals surface area (Å²) in [5.41, 5.74) is 10.1. The molecule has 3 aromatic rings. The second-order valence-electron chi connectivity index (χ2n) is 8.66. The summed E-state index contributed by atoms with van der Waals surface area (Å²) < 4.78 is 0. The third kappa shape index (κ3) is 5.93. The van der Waals surface area contributed by atoms with Gasteiger partial charge in [-0.2, -0.15) is 0 Å². The highest BCUT2D eigenvalue weighted by molar-refractivity contribution is 5.92. The lowest BCUT2D eigenvalue weighted by atomic mass is 10.1. The maximum atomic E-state index is 12.8. The number of rotatable bonds is 6. The Morgan fingerprint density at radius 3 is 2.70 bits per heavy atom. The zero-order valence-corrected chi connectivity index (χ0v) is 20.3. The normalized spacial score (nSPS) is 16.1. The van der Waals surface area contributed by atoms with Gasteiger partial charge in [0.15, 0.2) is 0 Å². The van der Waals surface area contributed by atoms with Gasteiger partial charge in [0.2, 0.25) is 5.91 Å². The fraction of sp³-hybridized carbons (Fsp3) is 0.360. The van der Waals surface area contributed by atoms with Crippen molar-refractivity contribution < 1.29 is 4.79 Å². The molecule has 3 N–H and O–H groups in total. The third-order valence-corrected chi connectivity index (χ3v) is 6.36. The number of nitrogens with two attached hydrogens (primary N) is 1. The molecule has 0 aliphatic carbocycles. The molecule has 1 amide bonds. The van der Waals surface area contributed by atoms with E-state index in [1.54, 1.807) is 17.2 Å². The summed E-state index contributed by atoms with van der Waals surface area (Å²) in [7, 11) is 3.97. The lowest BCUT2D eigenvalue weighted by molar-refractivity contribution is -0.126. The van der Waals surface area contributed by atoms with Gasteiger partial charge in [-0.3, -0.25) is 9.69 Å². The molecule has 0 radical (unpaired) electrons. The number of fused-ring (bicyclic) bond motifs is 1. The summed E-state index contributed by atoms with van der Waals surface area (Å²) in [6.07, 6.45) is 5.14. The molecule has 33 heavy (non-hydrogen) atoms. The molecule has 1 aliphatic rings. The van der Waals surface area contributed by atoms with Crippen LogP contribution in [0.1, 0.15) is 29.8 Å². The Labute approximate surface area is 201 Å². The average molecular weight is 469 g/mol. The molecule has 176 valence electrons. The lowest BCUT2D eigenvalue weighted by Crippen LogP contribution is -2.44. The summed E-state index contributed by atoms with van der Waals surface area (Å²) in [5, 5.41) is 1.14. The van der Waals surface area contributed by atoms with Crippen LogP contribution in [-0.4, -0.2) is 70.8 Å². The summed E-state index contributed by atoms with van der Waals surface area (Å²) in [5.74, 6) is 0.491. The molecule has 2 aromatic heterocycles. The molecule has 8 heteroatoms. The summed E-state index contributed by atoms with van der Waals surface area (Å²) in [6.45, 7) is 6.95. The van der Waals surface area contributed by atoms with E-state index in [-0.39, 0.29) is 24.4 Å². The van der Waals surface area contributed by atoms with Crippen molar-refractivity contribution in [3.8, 4) is 0 Å². The minimum atomic E-state index is -0.0723. The smallest absolute Gasteiger partial charge is 0.246 e. The largest absolute Gasteiger partial charge is 0.383 e. The molecule has 4 rings (SSSR count). The van der Waals surface area contributed by atoms with Crippen LogP contribution in [0.3, 0.4) is 0 Å². The second-order valence-corrected chi connectivity index (χ2v) is 8.66. The van der Waals surface area contributed by atoms with Crippen LogP contribution in [0.25, 0.3) is 17.0 Å².